The van der Waals surface area contributed by atoms with Crippen molar-refractivity contribution in [3.05, 3.63) is 233 Å². The Hall–Kier alpha value is -9.44. The fourth-order valence-corrected chi connectivity index (χ4v) is 17.7. The van der Waals surface area contributed by atoms with Crippen LogP contribution in [-0.4, -0.2) is 146 Å². The van der Waals surface area contributed by atoms with E-state index in [2.05, 4.69) is 88.5 Å². The number of likely N-dealkylation sites (N-methyl/N-ethyl adjacent to an activating group) is 1. The number of ether oxygens (including phenoxy) is 4. The van der Waals surface area contributed by atoms with E-state index in [1.807, 2.05) is 57.6 Å². The minimum absolute atomic E-state index is 0.0699. The first-order valence-corrected chi connectivity index (χ1v) is 43.3. The first-order chi connectivity index (χ1) is 59.4. The van der Waals surface area contributed by atoms with Gasteiger partial charge in [0.1, 0.15) is 47.7 Å². The zero-order valence-corrected chi connectivity index (χ0v) is 76.3. The van der Waals surface area contributed by atoms with Gasteiger partial charge in [-0.15, -0.1) is 0 Å². The van der Waals surface area contributed by atoms with Gasteiger partial charge in [0.15, 0.2) is 46.3 Å². The van der Waals surface area contributed by atoms with Crippen LogP contribution in [0.15, 0.2) is 147 Å². The molecule has 11 N–H and O–H groups in total. The van der Waals surface area contributed by atoms with Crippen molar-refractivity contribution in [2.75, 3.05) is 76.3 Å². The third kappa shape index (κ3) is 23.7. The van der Waals surface area contributed by atoms with Crippen LogP contribution in [0.3, 0.4) is 0 Å². The summed E-state index contributed by atoms with van der Waals surface area (Å²) >= 11 is 49.3. The van der Waals surface area contributed by atoms with Gasteiger partial charge in [0.25, 0.3) is 0 Å². The lowest BCUT2D eigenvalue weighted by Gasteiger charge is -2.30. The second-order valence-corrected chi connectivity index (χ2v) is 35.5. The molecule has 125 heavy (non-hydrogen) atoms. The van der Waals surface area contributed by atoms with Crippen molar-refractivity contribution in [1.29, 1.82) is 0 Å². The standard InChI is InChI=1S/C24H28Cl2FN5O2.C22H26Cl2FN5O.2C21H22Cl2FN5O/c1-14(21-18(25)4-5-19(27)22(21)26)34-20-8-15(9-29-23(20)28)16-10-30-32(11-16)24(2,3)13-31-7-6-17(33)12-31;1-13(19-16(23)6-7-17(25)20(19)24)31-18-8-14(9-27-21(18)26)15-10-28-30(11-15)22(2,3)12-29(4)5;2*1-12(19-16(22)4-5-17(24)20(19)23)30-18-7-13(8-27-21(18)25)14-9-28-29(10-14)11-15-3-2-6-26-15/h4-5,8-11,14,17,33H,6-7,12-13H2,1-3H3,(H2,28,29);6-11,13H,12H2,1-5H3,(H2,26,27);2*4-5,7-10,12,15,26H,2-3,6,11H2,1H3,(H2,25,27)/t14?,17-;;2*12?,15-/m0.10/s1. The van der Waals surface area contributed by atoms with Crippen LogP contribution in [0.5, 0.6) is 23.0 Å². The summed E-state index contributed by atoms with van der Waals surface area (Å²) in [6.07, 6.45) is 24.3. The molecular formula is C88H98Cl8F4N20O5. The first kappa shape index (κ1) is 94.7. The van der Waals surface area contributed by atoms with Gasteiger partial charge in [-0.25, -0.2) is 37.5 Å². The molecule has 4 unspecified atom stereocenters. The van der Waals surface area contributed by atoms with Crippen LogP contribution in [0.2, 0.25) is 40.2 Å². The van der Waals surface area contributed by atoms with Crippen LogP contribution in [0.25, 0.3) is 44.5 Å². The fourth-order valence-electron chi connectivity index (χ4n) is 15.0. The van der Waals surface area contributed by atoms with Gasteiger partial charge in [-0.05, 0) is 187 Å². The number of benzene rings is 4. The smallest absolute Gasteiger partial charge is 0.166 e. The van der Waals surface area contributed by atoms with Crippen LogP contribution in [0.1, 0.15) is 134 Å². The van der Waals surface area contributed by atoms with Crippen LogP contribution in [0, 0.1) is 23.3 Å². The van der Waals surface area contributed by atoms with Crippen LogP contribution in [-0.2, 0) is 24.2 Å². The van der Waals surface area contributed by atoms with Gasteiger partial charge >= 0.3 is 0 Å². The summed E-state index contributed by atoms with van der Waals surface area (Å²) in [5.74, 6) is -0.0119. The Morgan fingerprint density at radius 1 is 0.440 bits per heavy atom. The number of anilines is 4. The van der Waals surface area contributed by atoms with E-state index in [4.69, 9.17) is 135 Å². The van der Waals surface area contributed by atoms with Crippen molar-refractivity contribution < 1.29 is 41.6 Å². The summed E-state index contributed by atoms with van der Waals surface area (Å²) in [7, 11) is 4.05. The average molecular weight is 1880 g/mol. The number of pyridine rings is 4. The third-order valence-corrected chi connectivity index (χ3v) is 24.2. The number of nitrogens with two attached hydrogens (primary N) is 4. The Morgan fingerprint density at radius 3 is 1.03 bits per heavy atom. The first-order valence-electron chi connectivity index (χ1n) is 40.3. The quantitative estimate of drug-likeness (QED) is 0.0196. The highest BCUT2D eigenvalue weighted by Gasteiger charge is 2.32. The van der Waals surface area contributed by atoms with Gasteiger partial charge in [-0.3, -0.25) is 23.6 Å². The highest BCUT2D eigenvalue weighted by molar-refractivity contribution is 6.38. The zero-order valence-electron chi connectivity index (χ0n) is 70.3. The summed E-state index contributed by atoms with van der Waals surface area (Å²) < 4.78 is 87.2. The minimum Gasteiger partial charge on any atom is -0.482 e. The molecule has 3 aliphatic rings. The van der Waals surface area contributed by atoms with E-state index in [1.165, 1.54) is 61.4 Å². The molecule has 11 heterocycles. The normalized spacial score (nSPS) is 16.3. The maximum atomic E-state index is 14.0. The number of nitrogens with one attached hydrogen (secondary N) is 2. The summed E-state index contributed by atoms with van der Waals surface area (Å²) in [6, 6.07) is 18.7. The lowest BCUT2D eigenvalue weighted by Crippen LogP contribution is -2.40. The SMILES string of the molecule is CC(Oc1cc(-c2cnn(C(C)(C)CN(C)C)c2)cnc1N)c1c(Cl)ccc(F)c1Cl.CC(Oc1cc(-c2cnn(C(C)(C)CN3CC[C@H](O)C3)c2)cnc1N)c1c(Cl)ccc(F)c1Cl.CC(Oc1cc(-c2cnn(C[C@@H]3CCCN3)c2)cnc1N)c1c(Cl)ccc(F)c1Cl.CC(Oc1cc(-c2cnn(C[C@H]3CCCN3)c2)cnc1N)c1c(Cl)ccc(F)c1Cl. The topological polar surface area (TPSA) is 315 Å². The second-order valence-electron chi connectivity index (χ2n) is 32.4. The van der Waals surface area contributed by atoms with Crippen molar-refractivity contribution in [1.82, 2.24) is 79.5 Å². The van der Waals surface area contributed by atoms with Gasteiger partial charge in [0.2, 0.25) is 0 Å². The molecule has 0 bridgehead atoms. The van der Waals surface area contributed by atoms with Gasteiger partial charge in [-0.2, -0.15) is 20.4 Å². The number of hydrogen-bond donors (Lipinski definition) is 7. The Morgan fingerprint density at radius 2 is 0.744 bits per heavy atom. The van der Waals surface area contributed by atoms with Crippen LogP contribution >= 0.6 is 92.8 Å². The van der Waals surface area contributed by atoms with Crippen molar-refractivity contribution in [3.8, 4) is 67.5 Å². The molecule has 0 spiro atoms. The summed E-state index contributed by atoms with van der Waals surface area (Å²) in [4.78, 5) is 21.4. The zero-order chi connectivity index (χ0) is 90.0. The lowest BCUT2D eigenvalue weighted by molar-refractivity contribution is 0.151. The number of aromatic nitrogens is 12. The average Bonchev–Trinajstić information content (AvgIpc) is 1.76. The Labute approximate surface area is 762 Å². The van der Waals surface area contributed by atoms with Crippen LogP contribution in [0.4, 0.5) is 40.8 Å². The molecule has 3 fully saturated rings. The molecule has 25 nitrogen and oxygen atoms in total. The van der Waals surface area contributed by atoms with E-state index in [0.717, 1.165) is 110 Å². The molecule has 37 heteroatoms. The monoisotopic (exact) mass is 1870 g/mol. The number of aliphatic hydroxyl groups excluding tert-OH is 1. The number of rotatable bonds is 26. The molecule has 0 radical (unpaired) electrons. The van der Waals surface area contributed by atoms with Gasteiger partial charge in [0.05, 0.1) is 75.1 Å². The minimum atomic E-state index is -0.660. The molecule has 0 aliphatic carbocycles. The third-order valence-electron chi connectivity index (χ3n) is 21.4. The van der Waals surface area contributed by atoms with E-state index >= 15 is 0 Å². The Balaban J connectivity index is 0.000000152. The number of likely N-dealkylation sites (tertiary alicyclic amines) is 1. The maximum absolute atomic E-state index is 14.0. The molecular weight excluding hydrogens is 1780 g/mol. The predicted octanol–water partition coefficient (Wildman–Crippen LogP) is 20.1. The highest BCUT2D eigenvalue weighted by atomic mass is 35.5. The molecule has 8 aromatic heterocycles. The van der Waals surface area contributed by atoms with Gasteiger partial charge < -0.3 is 62.5 Å². The number of hydrogen-bond acceptors (Lipinski definition) is 21. The van der Waals surface area contributed by atoms with Crippen molar-refractivity contribution in [2.24, 2.45) is 0 Å². The van der Waals surface area contributed by atoms with Crippen molar-refractivity contribution in [2.45, 2.75) is 154 Å². The van der Waals surface area contributed by atoms with Gasteiger partial charge in [-0.1, -0.05) is 92.8 Å². The predicted molar refractivity (Wildman–Crippen MR) is 488 cm³/mol. The molecule has 3 saturated heterocycles. The van der Waals surface area contributed by atoms with E-state index in [1.54, 1.807) is 102 Å². The number of nitrogen functional groups attached to an aromatic ring is 4. The second kappa shape index (κ2) is 41.6. The number of halogens is 12. The summed E-state index contributed by atoms with van der Waals surface area (Å²) in [5, 5.41) is 35.7. The summed E-state index contributed by atoms with van der Waals surface area (Å²) in [5.41, 5.74) is 31.8. The molecule has 0 amide bonds. The lowest BCUT2D eigenvalue weighted by atomic mass is 10.1. The number of β-amino-alcohol motifs (C(OH)–C–C–N with tert-alkyl or cyclic N) is 1. The van der Waals surface area contributed by atoms with E-state index in [9.17, 15) is 22.7 Å². The number of nitrogens with zero attached hydrogens (tertiary/aromatic N) is 14. The van der Waals surface area contributed by atoms with E-state index in [0.29, 0.717) is 84.0 Å². The van der Waals surface area contributed by atoms with E-state index < -0.39 is 47.7 Å². The van der Waals surface area contributed by atoms with Crippen LogP contribution < -0.4 is 52.5 Å². The maximum Gasteiger partial charge on any atom is 0.166 e. The largest absolute Gasteiger partial charge is 0.482 e. The number of aliphatic hydroxyl groups is 1. The Kier molecular flexibility index (Phi) is 31.5. The molecule has 4 aromatic carbocycles. The van der Waals surface area contributed by atoms with Gasteiger partial charge in [0, 0.05) is 175 Å². The van der Waals surface area contributed by atoms with Crippen molar-refractivity contribution >= 4 is 116 Å². The molecule has 12 aromatic rings. The summed E-state index contributed by atoms with van der Waals surface area (Å²) in [6.45, 7) is 22.2. The molecule has 0 saturated carbocycles. The Bertz CT molecular complexity index is 5580. The molecule has 3 aliphatic heterocycles. The highest BCUT2D eigenvalue weighted by Crippen LogP contribution is 2.43. The van der Waals surface area contributed by atoms with E-state index in [-0.39, 0.29) is 60.5 Å². The molecule has 7 atom stereocenters. The van der Waals surface area contributed by atoms with Crippen molar-refractivity contribution in [3.63, 3.8) is 0 Å². The fraction of sp³-hybridized carbons (Fsp3) is 0.364. The molecule has 664 valence electrons. The molecule has 15 rings (SSSR count).